The number of pyridine rings is 2. The van der Waals surface area contributed by atoms with Crippen molar-refractivity contribution in [3.05, 3.63) is 144 Å². The van der Waals surface area contributed by atoms with E-state index in [2.05, 4.69) is 104 Å². The number of hydrogen-bond acceptors (Lipinski definition) is 4. The SMILES string of the molecule is O[C@@H](c1c(C2CC2)ccc2cncn12)C1CCC(c2ccccc2)CC1.O[C@H](c1c(C2CC2)ccc2cncn12)C1CCC(c2ccccc2)CC1. The number of hydrogen-bond donors (Lipinski definition) is 2. The first kappa shape index (κ1) is 33.6. The van der Waals surface area contributed by atoms with Crippen LogP contribution in [0.15, 0.2) is 110 Å². The molecule has 0 unspecified atom stereocenters. The first-order chi connectivity index (χ1) is 25.6. The summed E-state index contributed by atoms with van der Waals surface area (Å²) in [6.45, 7) is 0. The minimum Gasteiger partial charge on any atom is -0.387 e. The molecule has 2 atom stereocenters. The van der Waals surface area contributed by atoms with Crippen LogP contribution in [-0.2, 0) is 0 Å². The number of nitrogens with zero attached hydrogens (tertiary/aromatic N) is 4. The summed E-state index contributed by atoms with van der Waals surface area (Å²) in [5.41, 5.74) is 9.96. The molecule has 6 heteroatoms. The molecule has 2 N–H and O–H groups in total. The number of benzene rings is 2. The van der Waals surface area contributed by atoms with Gasteiger partial charge in [0.2, 0.25) is 0 Å². The lowest BCUT2D eigenvalue weighted by Gasteiger charge is -2.33. The minimum absolute atomic E-state index is 0.348. The topological polar surface area (TPSA) is 75.1 Å². The molecule has 52 heavy (non-hydrogen) atoms. The van der Waals surface area contributed by atoms with Crippen molar-refractivity contribution in [2.75, 3.05) is 0 Å². The zero-order chi connectivity index (χ0) is 35.0. The Bertz CT molecular complexity index is 1930. The van der Waals surface area contributed by atoms with Crippen molar-refractivity contribution in [3.8, 4) is 0 Å². The van der Waals surface area contributed by atoms with Crippen molar-refractivity contribution in [3.63, 3.8) is 0 Å². The molecule has 6 nitrogen and oxygen atoms in total. The molecular formula is C46H52N4O2. The molecule has 2 aromatic carbocycles. The monoisotopic (exact) mass is 692 g/mol. The van der Waals surface area contributed by atoms with Gasteiger partial charge in [0.05, 0.1) is 59.7 Å². The summed E-state index contributed by atoms with van der Waals surface area (Å²) in [5, 5.41) is 22.7. The maximum Gasteiger partial charge on any atom is 0.0995 e. The van der Waals surface area contributed by atoms with Gasteiger partial charge in [-0.1, -0.05) is 72.8 Å². The summed E-state index contributed by atoms with van der Waals surface area (Å²) in [6, 6.07) is 30.5. The van der Waals surface area contributed by atoms with Crippen LogP contribution in [0, 0.1) is 11.8 Å². The van der Waals surface area contributed by atoms with Crippen molar-refractivity contribution >= 4 is 11.0 Å². The molecule has 4 fully saturated rings. The lowest BCUT2D eigenvalue weighted by atomic mass is 9.75. The van der Waals surface area contributed by atoms with E-state index in [0.717, 1.165) is 48.1 Å². The van der Waals surface area contributed by atoms with Crippen LogP contribution in [0.4, 0.5) is 0 Å². The summed E-state index contributed by atoms with van der Waals surface area (Å²) in [7, 11) is 0. The highest BCUT2D eigenvalue weighted by atomic mass is 16.3. The van der Waals surface area contributed by atoms with Gasteiger partial charge in [0.25, 0.3) is 0 Å². The lowest BCUT2D eigenvalue weighted by Crippen LogP contribution is -2.22. The third-order valence-corrected chi connectivity index (χ3v) is 12.9. The van der Waals surface area contributed by atoms with E-state index in [0.29, 0.717) is 35.5 Å². The molecule has 0 spiro atoms. The van der Waals surface area contributed by atoms with Crippen LogP contribution >= 0.6 is 0 Å². The second-order valence-electron chi connectivity index (χ2n) is 16.2. The van der Waals surface area contributed by atoms with Crippen LogP contribution in [0.1, 0.15) is 147 Å². The van der Waals surface area contributed by atoms with Gasteiger partial charge in [0.15, 0.2) is 0 Å². The second kappa shape index (κ2) is 14.6. The predicted molar refractivity (Wildman–Crippen MR) is 207 cm³/mol. The first-order valence-electron chi connectivity index (χ1n) is 20.0. The van der Waals surface area contributed by atoms with E-state index in [1.54, 1.807) is 0 Å². The number of aromatic nitrogens is 4. The fraction of sp³-hybridized carbons (Fsp3) is 0.435. The average molecular weight is 693 g/mol. The molecule has 0 saturated heterocycles. The molecule has 4 aliphatic rings. The number of aliphatic hydroxyl groups excluding tert-OH is 2. The van der Waals surface area contributed by atoms with Gasteiger partial charge in [-0.2, -0.15) is 0 Å². The quantitative estimate of drug-likeness (QED) is 0.167. The Labute approximate surface area is 307 Å². The van der Waals surface area contributed by atoms with Crippen LogP contribution in [-0.4, -0.2) is 29.0 Å². The third-order valence-electron chi connectivity index (χ3n) is 12.9. The molecule has 0 amide bonds. The van der Waals surface area contributed by atoms with Gasteiger partial charge in [-0.3, -0.25) is 0 Å². The zero-order valence-corrected chi connectivity index (χ0v) is 30.2. The molecule has 4 heterocycles. The number of imidazole rings is 2. The second-order valence-corrected chi connectivity index (χ2v) is 16.2. The molecule has 10 rings (SSSR count). The van der Waals surface area contributed by atoms with Crippen LogP contribution in [0.2, 0.25) is 0 Å². The molecule has 0 aliphatic heterocycles. The van der Waals surface area contributed by atoms with Crippen molar-refractivity contribution in [1.82, 2.24) is 18.8 Å². The van der Waals surface area contributed by atoms with Gasteiger partial charge in [0, 0.05) is 0 Å². The molecule has 4 aromatic heterocycles. The van der Waals surface area contributed by atoms with Gasteiger partial charge in [-0.25, -0.2) is 9.97 Å². The Morgan fingerprint density at radius 2 is 0.808 bits per heavy atom. The van der Waals surface area contributed by atoms with E-state index in [9.17, 15) is 10.2 Å². The first-order valence-corrected chi connectivity index (χ1v) is 20.0. The van der Waals surface area contributed by atoms with Crippen molar-refractivity contribution in [2.24, 2.45) is 11.8 Å². The summed E-state index contributed by atoms with van der Waals surface area (Å²) in [5.74, 6) is 3.25. The Balaban J connectivity index is 0.000000138. The van der Waals surface area contributed by atoms with Gasteiger partial charge >= 0.3 is 0 Å². The average Bonchev–Trinajstić information content (AvgIpc) is 4.14. The number of fused-ring (bicyclic) bond motifs is 2. The van der Waals surface area contributed by atoms with Crippen LogP contribution in [0.5, 0.6) is 0 Å². The third kappa shape index (κ3) is 6.83. The molecular weight excluding hydrogens is 641 g/mol. The predicted octanol–water partition coefficient (Wildman–Crippen LogP) is 10.4. The fourth-order valence-corrected chi connectivity index (χ4v) is 9.60. The highest BCUT2D eigenvalue weighted by Gasteiger charge is 2.36. The van der Waals surface area contributed by atoms with E-state index in [-0.39, 0.29) is 12.2 Å². The number of aliphatic hydroxyl groups is 2. The standard InChI is InChI=1S/2C23H26N2O/c2*26-23(19-10-6-17(7-11-19)16-4-2-1-3-5-16)22-21(18-8-9-18)13-12-20-14-24-15-25(20)22/h2*1-5,12-15,17-19,23,26H,6-11H2/t2*17?,19?,23-/m10/s1. The molecule has 268 valence electrons. The summed E-state index contributed by atoms with van der Waals surface area (Å²) in [6.07, 6.45) is 20.8. The Morgan fingerprint density at radius 3 is 1.17 bits per heavy atom. The smallest absolute Gasteiger partial charge is 0.0995 e. The maximum atomic E-state index is 11.3. The van der Waals surface area contributed by atoms with E-state index < -0.39 is 0 Å². The Morgan fingerprint density at radius 1 is 0.442 bits per heavy atom. The van der Waals surface area contributed by atoms with Gasteiger partial charge < -0.3 is 19.0 Å². The van der Waals surface area contributed by atoms with Crippen molar-refractivity contribution in [2.45, 2.75) is 113 Å². The molecule has 0 bridgehead atoms. The van der Waals surface area contributed by atoms with Crippen LogP contribution in [0.25, 0.3) is 11.0 Å². The molecule has 4 aliphatic carbocycles. The summed E-state index contributed by atoms with van der Waals surface area (Å²) < 4.78 is 4.25. The fourth-order valence-electron chi connectivity index (χ4n) is 9.60. The van der Waals surface area contributed by atoms with Crippen LogP contribution in [0.3, 0.4) is 0 Å². The van der Waals surface area contributed by atoms with Crippen molar-refractivity contribution in [1.29, 1.82) is 0 Å². The summed E-state index contributed by atoms with van der Waals surface area (Å²) >= 11 is 0. The largest absolute Gasteiger partial charge is 0.387 e. The van der Waals surface area contributed by atoms with E-state index in [4.69, 9.17) is 0 Å². The highest BCUT2D eigenvalue weighted by Crippen LogP contribution is 2.48. The normalized spacial score (nSPS) is 24.7. The van der Waals surface area contributed by atoms with Crippen LogP contribution < -0.4 is 0 Å². The van der Waals surface area contributed by atoms with Gasteiger partial charge in [0.1, 0.15) is 0 Å². The molecule has 4 saturated carbocycles. The van der Waals surface area contributed by atoms with Crippen molar-refractivity contribution < 1.29 is 10.2 Å². The van der Waals surface area contributed by atoms with E-state index >= 15 is 0 Å². The van der Waals surface area contributed by atoms with E-state index in [1.165, 1.54) is 73.6 Å². The Kier molecular flexibility index (Phi) is 9.45. The Hall–Kier alpha value is -4.26. The maximum absolute atomic E-state index is 11.3. The molecule has 6 aromatic rings. The summed E-state index contributed by atoms with van der Waals surface area (Å²) in [4.78, 5) is 8.63. The highest BCUT2D eigenvalue weighted by molar-refractivity contribution is 5.51. The lowest BCUT2D eigenvalue weighted by molar-refractivity contribution is 0.0753. The minimum atomic E-state index is -0.389. The van der Waals surface area contributed by atoms with E-state index in [1.807, 2.05) is 25.0 Å². The molecule has 0 radical (unpaired) electrons. The number of rotatable bonds is 8. The van der Waals surface area contributed by atoms with Gasteiger partial charge in [-0.15, -0.1) is 0 Å². The van der Waals surface area contributed by atoms with Gasteiger partial charge in [-0.05, 0) is 147 Å². The zero-order valence-electron chi connectivity index (χ0n) is 30.2.